The third-order valence-electron chi connectivity index (χ3n) is 3.95. The maximum Gasteiger partial charge on any atom is 0.246 e. The van der Waals surface area contributed by atoms with Gasteiger partial charge in [-0.25, -0.2) is 12.7 Å². The first kappa shape index (κ1) is 21.4. The Balaban J connectivity index is 2.16. The fourth-order valence-electron chi connectivity index (χ4n) is 2.48. The molecule has 0 spiro atoms. The van der Waals surface area contributed by atoms with E-state index in [0.717, 1.165) is 4.31 Å². The average molecular weight is 405 g/mol. The number of nitrogens with zero attached hydrogens (tertiary/aromatic N) is 1. The number of rotatable bonds is 8. The number of methoxy groups -OCH3 is 1. The van der Waals surface area contributed by atoms with E-state index in [0.29, 0.717) is 16.9 Å². The molecule has 150 valence electrons. The first-order valence-corrected chi connectivity index (χ1v) is 9.85. The van der Waals surface area contributed by atoms with Crippen LogP contribution < -0.4 is 15.4 Å². The van der Waals surface area contributed by atoms with Crippen molar-refractivity contribution in [2.45, 2.75) is 11.8 Å². The summed E-state index contributed by atoms with van der Waals surface area (Å²) in [6.45, 7) is 1.36. The van der Waals surface area contributed by atoms with Crippen LogP contribution in [-0.4, -0.2) is 52.2 Å². The standard InChI is InChI=1S/C19H23N3O5S/c1-13(23)15-7-5-6-8-16(15)20-12-19(24)21-14-9-10-17(27-4)18(11-14)28(25,26)22(2)3/h5-11,20H,12H2,1-4H3,(H,21,24). The molecule has 0 heterocycles. The Labute approximate surface area is 164 Å². The number of sulfonamides is 1. The van der Waals surface area contributed by atoms with E-state index in [1.54, 1.807) is 30.3 Å². The lowest BCUT2D eigenvalue weighted by Gasteiger charge is -2.16. The number of ether oxygens (including phenoxy) is 1. The van der Waals surface area contributed by atoms with Crippen molar-refractivity contribution < 1.29 is 22.7 Å². The van der Waals surface area contributed by atoms with Crippen LogP contribution in [0.3, 0.4) is 0 Å². The van der Waals surface area contributed by atoms with Crippen LogP contribution in [0.5, 0.6) is 5.75 Å². The number of carbonyl (C=O) groups excluding carboxylic acids is 2. The molecule has 0 saturated heterocycles. The molecule has 0 radical (unpaired) electrons. The van der Waals surface area contributed by atoms with Gasteiger partial charge in [0.05, 0.1) is 13.7 Å². The smallest absolute Gasteiger partial charge is 0.246 e. The Morgan fingerprint density at radius 2 is 1.79 bits per heavy atom. The van der Waals surface area contributed by atoms with Gasteiger partial charge in [0.1, 0.15) is 10.6 Å². The quantitative estimate of drug-likeness (QED) is 0.653. The maximum absolute atomic E-state index is 12.5. The molecule has 0 aliphatic carbocycles. The first-order valence-electron chi connectivity index (χ1n) is 8.41. The van der Waals surface area contributed by atoms with Crippen LogP contribution in [0.2, 0.25) is 0 Å². The fourth-order valence-corrected chi connectivity index (χ4v) is 3.55. The second-order valence-electron chi connectivity index (χ2n) is 6.16. The van der Waals surface area contributed by atoms with Crippen LogP contribution in [0, 0.1) is 0 Å². The molecule has 0 aromatic heterocycles. The Hall–Kier alpha value is -2.91. The minimum atomic E-state index is -3.74. The second-order valence-corrected chi connectivity index (χ2v) is 8.28. The zero-order valence-corrected chi connectivity index (χ0v) is 17.0. The highest BCUT2D eigenvalue weighted by atomic mass is 32.2. The summed E-state index contributed by atoms with van der Waals surface area (Å²) in [5.74, 6) is -0.325. The number of hydrogen-bond acceptors (Lipinski definition) is 6. The van der Waals surface area contributed by atoms with Gasteiger partial charge in [-0.15, -0.1) is 0 Å². The number of carbonyl (C=O) groups is 2. The topological polar surface area (TPSA) is 105 Å². The van der Waals surface area contributed by atoms with Crippen molar-refractivity contribution in [1.29, 1.82) is 0 Å². The molecule has 0 fully saturated rings. The van der Waals surface area contributed by atoms with E-state index in [1.165, 1.54) is 40.3 Å². The number of ketones is 1. The minimum Gasteiger partial charge on any atom is -0.495 e. The van der Waals surface area contributed by atoms with Gasteiger partial charge < -0.3 is 15.4 Å². The van der Waals surface area contributed by atoms with Gasteiger partial charge in [-0.3, -0.25) is 9.59 Å². The van der Waals surface area contributed by atoms with Gasteiger partial charge in [-0.05, 0) is 37.3 Å². The van der Waals surface area contributed by atoms with Crippen molar-refractivity contribution in [3.63, 3.8) is 0 Å². The number of Topliss-reactive ketones (excluding diaryl/α,β-unsaturated/α-hetero) is 1. The highest BCUT2D eigenvalue weighted by Crippen LogP contribution is 2.28. The molecule has 1 amide bonds. The van der Waals surface area contributed by atoms with Gasteiger partial charge in [-0.2, -0.15) is 0 Å². The van der Waals surface area contributed by atoms with Crippen molar-refractivity contribution in [3.8, 4) is 5.75 Å². The Kier molecular flexibility index (Phi) is 6.76. The van der Waals surface area contributed by atoms with E-state index in [-0.39, 0.29) is 23.0 Å². The highest BCUT2D eigenvalue weighted by Gasteiger charge is 2.23. The zero-order valence-electron chi connectivity index (χ0n) is 16.1. The van der Waals surface area contributed by atoms with Crippen LogP contribution in [0.15, 0.2) is 47.4 Å². The Morgan fingerprint density at radius 3 is 2.39 bits per heavy atom. The van der Waals surface area contributed by atoms with Crippen molar-refractivity contribution in [2.24, 2.45) is 0 Å². The number of nitrogens with one attached hydrogen (secondary N) is 2. The van der Waals surface area contributed by atoms with E-state index >= 15 is 0 Å². The molecule has 8 nitrogen and oxygen atoms in total. The SMILES string of the molecule is COc1ccc(NC(=O)CNc2ccccc2C(C)=O)cc1S(=O)(=O)N(C)C. The van der Waals surface area contributed by atoms with Gasteiger partial charge in [0.2, 0.25) is 15.9 Å². The summed E-state index contributed by atoms with van der Waals surface area (Å²) >= 11 is 0. The molecule has 0 atom stereocenters. The number of amides is 1. The molecule has 0 unspecified atom stereocenters. The predicted octanol–water partition coefficient (Wildman–Crippen LogP) is 2.20. The van der Waals surface area contributed by atoms with Crippen molar-refractivity contribution in [3.05, 3.63) is 48.0 Å². The van der Waals surface area contributed by atoms with Gasteiger partial charge in [0, 0.05) is 31.0 Å². The molecule has 0 bridgehead atoms. The lowest BCUT2D eigenvalue weighted by molar-refractivity contribution is -0.114. The maximum atomic E-state index is 12.5. The highest BCUT2D eigenvalue weighted by molar-refractivity contribution is 7.89. The average Bonchev–Trinajstić information content (AvgIpc) is 2.66. The van der Waals surface area contributed by atoms with Gasteiger partial charge >= 0.3 is 0 Å². The summed E-state index contributed by atoms with van der Waals surface area (Å²) in [6, 6.07) is 11.2. The Bertz CT molecular complexity index is 987. The number of anilines is 2. The van der Waals surface area contributed by atoms with Gasteiger partial charge in [0.15, 0.2) is 5.78 Å². The number of para-hydroxylation sites is 1. The Morgan fingerprint density at radius 1 is 1.11 bits per heavy atom. The molecule has 0 aliphatic rings. The van der Waals surface area contributed by atoms with Crippen molar-refractivity contribution >= 4 is 33.1 Å². The minimum absolute atomic E-state index is 0.0484. The van der Waals surface area contributed by atoms with E-state index in [1.807, 2.05) is 0 Å². The molecule has 28 heavy (non-hydrogen) atoms. The molecule has 9 heteroatoms. The van der Waals surface area contributed by atoms with Gasteiger partial charge in [0.25, 0.3) is 0 Å². The first-order chi connectivity index (χ1) is 13.2. The largest absolute Gasteiger partial charge is 0.495 e. The molecule has 0 saturated carbocycles. The predicted molar refractivity (Wildman–Crippen MR) is 107 cm³/mol. The molecular weight excluding hydrogens is 382 g/mol. The summed E-state index contributed by atoms with van der Waals surface area (Å²) in [5.41, 5.74) is 1.35. The second kappa shape index (κ2) is 8.85. The zero-order chi connectivity index (χ0) is 20.9. The molecule has 2 rings (SSSR count). The lowest BCUT2D eigenvalue weighted by Crippen LogP contribution is -2.24. The van der Waals surface area contributed by atoms with Crippen LogP contribution in [0.4, 0.5) is 11.4 Å². The third kappa shape index (κ3) is 4.87. The van der Waals surface area contributed by atoms with Crippen LogP contribution in [0.1, 0.15) is 17.3 Å². The molecule has 2 aromatic carbocycles. The normalized spacial score (nSPS) is 11.2. The molecular formula is C19H23N3O5S. The number of benzene rings is 2. The summed E-state index contributed by atoms with van der Waals surface area (Å²) in [6.07, 6.45) is 0. The van der Waals surface area contributed by atoms with Crippen molar-refractivity contribution in [1.82, 2.24) is 4.31 Å². The molecule has 2 aromatic rings. The van der Waals surface area contributed by atoms with E-state index in [9.17, 15) is 18.0 Å². The summed E-state index contributed by atoms with van der Waals surface area (Å²) in [7, 11) is 0.455. The molecule has 2 N–H and O–H groups in total. The number of hydrogen-bond donors (Lipinski definition) is 2. The van der Waals surface area contributed by atoms with E-state index < -0.39 is 15.9 Å². The summed E-state index contributed by atoms with van der Waals surface area (Å²) in [5, 5.41) is 5.55. The van der Waals surface area contributed by atoms with E-state index in [2.05, 4.69) is 10.6 Å². The third-order valence-corrected chi connectivity index (χ3v) is 5.79. The van der Waals surface area contributed by atoms with Crippen LogP contribution >= 0.6 is 0 Å². The lowest BCUT2D eigenvalue weighted by atomic mass is 10.1. The van der Waals surface area contributed by atoms with Crippen molar-refractivity contribution in [2.75, 3.05) is 38.4 Å². The van der Waals surface area contributed by atoms with Crippen LogP contribution in [-0.2, 0) is 14.8 Å². The summed E-state index contributed by atoms with van der Waals surface area (Å²) < 4.78 is 31.1. The fraction of sp³-hybridized carbons (Fsp3) is 0.263. The van der Waals surface area contributed by atoms with E-state index in [4.69, 9.17) is 4.74 Å². The monoisotopic (exact) mass is 405 g/mol. The van der Waals surface area contributed by atoms with Crippen LogP contribution in [0.25, 0.3) is 0 Å². The van der Waals surface area contributed by atoms with Gasteiger partial charge in [-0.1, -0.05) is 12.1 Å². The summed E-state index contributed by atoms with van der Waals surface area (Å²) in [4.78, 5) is 23.9. The molecule has 0 aliphatic heterocycles.